The molecule has 0 saturated heterocycles. The molecule has 20 heavy (non-hydrogen) atoms. The first-order valence-corrected chi connectivity index (χ1v) is 6.68. The Hall–Kier alpha value is -2.13. The van der Waals surface area contributed by atoms with Crippen LogP contribution in [0.5, 0.6) is 0 Å². The Labute approximate surface area is 119 Å². The molecule has 0 radical (unpaired) electrons. The molecule has 1 unspecified atom stereocenters. The van der Waals surface area contributed by atoms with E-state index in [9.17, 15) is 4.79 Å². The summed E-state index contributed by atoms with van der Waals surface area (Å²) in [6, 6.07) is 19.0. The zero-order valence-electron chi connectivity index (χ0n) is 11.5. The molecule has 3 heteroatoms. The molecule has 0 N–H and O–H groups in total. The lowest BCUT2D eigenvalue weighted by molar-refractivity contribution is -0.158. The van der Waals surface area contributed by atoms with E-state index in [0.717, 1.165) is 11.1 Å². The molecule has 104 valence electrons. The van der Waals surface area contributed by atoms with Crippen LogP contribution in [0.2, 0.25) is 0 Å². The fourth-order valence-corrected chi connectivity index (χ4v) is 1.90. The second kappa shape index (κ2) is 7.46. The molecule has 3 nitrogen and oxygen atoms in total. The topological polar surface area (TPSA) is 35.5 Å². The lowest BCUT2D eigenvalue weighted by atomic mass is 10.1. The Morgan fingerprint density at radius 1 is 1.00 bits per heavy atom. The van der Waals surface area contributed by atoms with Gasteiger partial charge >= 0.3 is 5.97 Å². The predicted molar refractivity (Wildman–Crippen MR) is 77.0 cm³/mol. The van der Waals surface area contributed by atoms with Gasteiger partial charge in [0.1, 0.15) is 6.61 Å². The first-order valence-electron chi connectivity index (χ1n) is 6.68. The first-order chi connectivity index (χ1) is 9.81. The van der Waals surface area contributed by atoms with Crippen LogP contribution in [0.1, 0.15) is 24.2 Å². The number of rotatable bonds is 6. The number of hydrogen-bond acceptors (Lipinski definition) is 3. The standard InChI is InChI=1S/C17H18O3/c1-2-19-16(15-11-7-4-8-12-15)17(18)20-13-14-9-5-3-6-10-14/h3-12,16H,2,13H2,1H3. The van der Waals surface area contributed by atoms with Gasteiger partial charge in [0.05, 0.1) is 0 Å². The van der Waals surface area contributed by atoms with Gasteiger partial charge in [-0.25, -0.2) is 4.79 Å². The van der Waals surface area contributed by atoms with Gasteiger partial charge < -0.3 is 9.47 Å². The maximum atomic E-state index is 12.2. The van der Waals surface area contributed by atoms with Gasteiger partial charge in [0, 0.05) is 6.61 Å². The van der Waals surface area contributed by atoms with E-state index in [4.69, 9.17) is 9.47 Å². The molecule has 2 aromatic carbocycles. The van der Waals surface area contributed by atoms with Gasteiger partial charge in [0.2, 0.25) is 0 Å². The van der Waals surface area contributed by atoms with Crippen molar-refractivity contribution in [1.29, 1.82) is 0 Å². The second-order valence-corrected chi connectivity index (χ2v) is 4.34. The second-order valence-electron chi connectivity index (χ2n) is 4.34. The van der Waals surface area contributed by atoms with Crippen molar-refractivity contribution in [1.82, 2.24) is 0 Å². The molecule has 0 amide bonds. The van der Waals surface area contributed by atoms with Crippen molar-refractivity contribution in [2.24, 2.45) is 0 Å². The van der Waals surface area contributed by atoms with E-state index in [2.05, 4.69) is 0 Å². The molecule has 2 aromatic rings. The number of carbonyl (C=O) groups is 1. The van der Waals surface area contributed by atoms with Crippen LogP contribution in [0.4, 0.5) is 0 Å². The van der Waals surface area contributed by atoms with Crippen LogP contribution < -0.4 is 0 Å². The number of ether oxygens (including phenoxy) is 2. The van der Waals surface area contributed by atoms with Gasteiger partial charge in [-0.2, -0.15) is 0 Å². The lowest BCUT2D eigenvalue weighted by Gasteiger charge is -2.16. The summed E-state index contributed by atoms with van der Waals surface area (Å²) >= 11 is 0. The molecule has 0 aliphatic carbocycles. The van der Waals surface area contributed by atoms with E-state index in [1.54, 1.807) is 0 Å². The summed E-state index contributed by atoms with van der Waals surface area (Å²) in [4.78, 5) is 12.2. The highest BCUT2D eigenvalue weighted by Gasteiger charge is 2.22. The molecule has 1 atom stereocenters. The molecule has 0 aliphatic rings. The van der Waals surface area contributed by atoms with Crippen molar-refractivity contribution in [3.63, 3.8) is 0 Å². The molecule has 0 fully saturated rings. The Morgan fingerprint density at radius 2 is 1.60 bits per heavy atom. The molecule has 0 saturated carbocycles. The van der Waals surface area contributed by atoms with Crippen molar-refractivity contribution in [2.75, 3.05) is 6.61 Å². The third kappa shape index (κ3) is 3.93. The fraction of sp³-hybridized carbons (Fsp3) is 0.235. The van der Waals surface area contributed by atoms with E-state index in [0.29, 0.717) is 6.61 Å². The molecule has 0 aliphatic heterocycles. The maximum Gasteiger partial charge on any atom is 0.340 e. The monoisotopic (exact) mass is 270 g/mol. The summed E-state index contributed by atoms with van der Waals surface area (Å²) in [6.45, 7) is 2.58. The third-order valence-corrected chi connectivity index (χ3v) is 2.87. The third-order valence-electron chi connectivity index (χ3n) is 2.87. The molecule has 0 bridgehead atoms. The van der Waals surface area contributed by atoms with Gasteiger partial charge in [-0.3, -0.25) is 0 Å². The van der Waals surface area contributed by atoms with Crippen molar-refractivity contribution < 1.29 is 14.3 Å². The number of benzene rings is 2. The Bertz CT molecular complexity index is 522. The van der Waals surface area contributed by atoms with E-state index in [1.165, 1.54) is 0 Å². The van der Waals surface area contributed by atoms with Crippen molar-refractivity contribution >= 4 is 5.97 Å². The highest BCUT2D eigenvalue weighted by molar-refractivity contribution is 5.76. The van der Waals surface area contributed by atoms with E-state index in [-0.39, 0.29) is 12.6 Å². The van der Waals surface area contributed by atoms with Crippen LogP contribution in [0, 0.1) is 0 Å². The van der Waals surface area contributed by atoms with Crippen LogP contribution in [-0.2, 0) is 20.9 Å². The van der Waals surface area contributed by atoms with Crippen molar-refractivity contribution in [3.8, 4) is 0 Å². The highest BCUT2D eigenvalue weighted by Crippen LogP contribution is 2.19. The summed E-state index contributed by atoms with van der Waals surface area (Å²) in [5.41, 5.74) is 1.77. The predicted octanol–water partition coefficient (Wildman–Crippen LogP) is 3.51. The van der Waals surface area contributed by atoms with Gasteiger partial charge in [-0.15, -0.1) is 0 Å². The Balaban J connectivity index is 2.01. The normalized spacial score (nSPS) is 11.8. The zero-order valence-corrected chi connectivity index (χ0v) is 11.5. The minimum atomic E-state index is -0.662. The van der Waals surface area contributed by atoms with Crippen LogP contribution in [0.25, 0.3) is 0 Å². The van der Waals surface area contributed by atoms with Gasteiger partial charge in [0.25, 0.3) is 0 Å². The molecular weight excluding hydrogens is 252 g/mol. The van der Waals surface area contributed by atoms with E-state index in [1.807, 2.05) is 67.6 Å². The lowest BCUT2D eigenvalue weighted by Crippen LogP contribution is -2.19. The molecular formula is C17H18O3. The maximum absolute atomic E-state index is 12.2. The Morgan fingerprint density at radius 3 is 2.20 bits per heavy atom. The quantitative estimate of drug-likeness (QED) is 0.753. The summed E-state index contributed by atoms with van der Waals surface area (Å²) in [5, 5.41) is 0. The molecule has 0 spiro atoms. The van der Waals surface area contributed by atoms with Crippen LogP contribution in [0.3, 0.4) is 0 Å². The van der Waals surface area contributed by atoms with E-state index >= 15 is 0 Å². The fourth-order valence-electron chi connectivity index (χ4n) is 1.90. The molecule has 2 rings (SSSR count). The Kier molecular flexibility index (Phi) is 5.33. The van der Waals surface area contributed by atoms with Crippen molar-refractivity contribution in [3.05, 3.63) is 71.8 Å². The van der Waals surface area contributed by atoms with Crippen molar-refractivity contribution in [2.45, 2.75) is 19.6 Å². The largest absolute Gasteiger partial charge is 0.459 e. The van der Waals surface area contributed by atoms with Crippen LogP contribution >= 0.6 is 0 Å². The summed E-state index contributed by atoms with van der Waals surface area (Å²) in [6.07, 6.45) is -0.662. The average molecular weight is 270 g/mol. The van der Waals surface area contributed by atoms with Gasteiger partial charge in [-0.05, 0) is 18.1 Å². The number of hydrogen-bond donors (Lipinski definition) is 0. The minimum Gasteiger partial charge on any atom is -0.459 e. The number of carbonyl (C=O) groups excluding carboxylic acids is 1. The SMILES string of the molecule is CCOC(C(=O)OCc1ccccc1)c1ccccc1. The summed E-state index contributed by atoms with van der Waals surface area (Å²) < 4.78 is 10.8. The van der Waals surface area contributed by atoms with Crippen LogP contribution in [0.15, 0.2) is 60.7 Å². The molecule has 0 aromatic heterocycles. The summed E-state index contributed by atoms with van der Waals surface area (Å²) in [5.74, 6) is -0.359. The molecule has 0 heterocycles. The van der Waals surface area contributed by atoms with E-state index < -0.39 is 6.10 Å². The summed E-state index contributed by atoms with van der Waals surface area (Å²) in [7, 11) is 0. The highest BCUT2D eigenvalue weighted by atomic mass is 16.6. The van der Waals surface area contributed by atoms with Gasteiger partial charge in [0.15, 0.2) is 6.10 Å². The minimum absolute atomic E-state index is 0.260. The number of esters is 1. The van der Waals surface area contributed by atoms with Crippen LogP contribution in [-0.4, -0.2) is 12.6 Å². The average Bonchev–Trinajstić information content (AvgIpc) is 2.52. The zero-order chi connectivity index (χ0) is 14.2. The smallest absolute Gasteiger partial charge is 0.340 e. The van der Waals surface area contributed by atoms with Gasteiger partial charge in [-0.1, -0.05) is 60.7 Å². The first kappa shape index (κ1) is 14.3.